The van der Waals surface area contributed by atoms with Crippen molar-refractivity contribution in [2.24, 2.45) is 0 Å². The van der Waals surface area contributed by atoms with Crippen LogP contribution in [0.5, 0.6) is 0 Å². The summed E-state index contributed by atoms with van der Waals surface area (Å²) in [5, 5.41) is 20.4. The second-order valence-corrected chi connectivity index (χ2v) is 22.7. The van der Waals surface area contributed by atoms with E-state index in [1.807, 2.05) is 0 Å². The molecule has 0 bridgehead atoms. The smallest absolute Gasteiger partial charge is 0.463 e. The quantitative estimate of drug-likeness (QED) is 0.0146. The summed E-state index contributed by atoms with van der Waals surface area (Å²) in [7, 11) is -9.77. The number of phosphoric ester groups is 2. The SMILES string of the molecule is CC/C=C\C/C=C\C/C=C\C/C=C\C/C=C\CCCCCC(=O)OCC(O)COP(=O)(O)OCC(O)COP(=O)(O)OCC(COC(=O)CCCCCCC/C=C\CCCCCC)OC(=O)CCCCCCC/C=C\CCCC. The molecule has 5 atom stereocenters. The lowest BCUT2D eigenvalue weighted by Crippen LogP contribution is -2.30. The van der Waals surface area contributed by atoms with Crippen molar-refractivity contribution in [3.63, 3.8) is 0 Å². The van der Waals surface area contributed by atoms with Gasteiger partial charge in [-0.25, -0.2) is 9.13 Å². The predicted molar refractivity (Wildman–Crippen MR) is 316 cm³/mol. The summed E-state index contributed by atoms with van der Waals surface area (Å²) < 4.78 is 60.5. The van der Waals surface area contributed by atoms with Gasteiger partial charge in [0.1, 0.15) is 25.4 Å². The second kappa shape index (κ2) is 55.3. The fourth-order valence-corrected chi connectivity index (χ4v) is 9.04. The van der Waals surface area contributed by atoms with Gasteiger partial charge >= 0.3 is 33.6 Å². The Balaban J connectivity index is 4.64. The summed E-state index contributed by atoms with van der Waals surface area (Å²) in [6.07, 6.45) is 55.2. The van der Waals surface area contributed by atoms with Gasteiger partial charge in [-0.15, -0.1) is 0 Å². The minimum absolute atomic E-state index is 0.0920. The summed E-state index contributed by atoms with van der Waals surface area (Å²) in [4.78, 5) is 58.0. The monoisotopic (exact) mass is 1160 g/mol. The lowest BCUT2D eigenvalue weighted by Gasteiger charge is -2.21. The standard InChI is InChI=1S/C61H106O16P2/c1-4-7-10-13-16-19-22-24-25-26-27-28-29-31-34-35-38-41-44-47-59(64)71-50-56(62)51-73-78(67,68)74-52-57(63)53-75-79(69,70)76-55-58(77-61(66)49-46-43-40-37-32-21-18-15-12-9-6-3)54-72-60(65)48-45-42-39-36-33-30-23-20-17-14-11-8-5-2/h7,10,15-16,18-20,23-25,27-28,31,34,56-58,62-63H,4-6,8-9,11-14,17,21-22,26,29-30,32-33,35-55H2,1-3H3,(H,67,68)(H,69,70)/b10-7-,18-15-,19-16-,23-20-,25-24-,28-27-,34-31-. The van der Waals surface area contributed by atoms with Crippen molar-refractivity contribution in [2.75, 3.05) is 39.6 Å². The summed E-state index contributed by atoms with van der Waals surface area (Å²) in [5.41, 5.74) is 0. The third-order valence-corrected chi connectivity index (χ3v) is 14.0. The van der Waals surface area contributed by atoms with Crippen molar-refractivity contribution < 1.29 is 75.8 Å². The number of aliphatic hydroxyl groups excluding tert-OH is 2. The molecular weight excluding hydrogens is 1050 g/mol. The van der Waals surface area contributed by atoms with E-state index in [9.17, 15) is 43.5 Å². The van der Waals surface area contributed by atoms with Crippen LogP contribution in [0.2, 0.25) is 0 Å². The number of ether oxygens (including phenoxy) is 3. The van der Waals surface area contributed by atoms with Crippen LogP contribution < -0.4 is 0 Å². The zero-order valence-corrected chi connectivity index (χ0v) is 50.6. The third kappa shape index (κ3) is 56.4. The maximum atomic E-state index is 12.8. The van der Waals surface area contributed by atoms with Gasteiger partial charge in [0.25, 0.3) is 0 Å². The van der Waals surface area contributed by atoms with Crippen LogP contribution in [0, 0.1) is 0 Å². The molecular formula is C61H106O16P2. The van der Waals surface area contributed by atoms with Crippen LogP contribution in [-0.2, 0) is 55.8 Å². The molecule has 0 saturated heterocycles. The van der Waals surface area contributed by atoms with Crippen LogP contribution in [0.25, 0.3) is 0 Å². The number of rotatable bonds is 56. The van der Waals surface area contributed by atoms with Crippen LogP contribution >= 0.6 is 15.6 Å². The molecule has 0 spiro atoms. The first kappa shape index (κ1) is 75.7. The molecule has 0 rings (SSSR count). The summed E-state index contributed by atoms with van der Waals surface area (Å²) in [6.45, 7) is 2.40. The topological polar surface area (TPSA) is 231 Å². The predicted octanol–water partition coefficient (Wildman–Crippen LogP) is 15.4. The molecule has 0 aromatic rings. The van der Waals surface area contributed by atoms with Crippen LogP contribution in [0.15, 0.2) is 85.1 Å². The van der Waals surface area contributed by atoms with Gasteiger partial charge in [-0.1, -0.05) is 183 Å². The normalized spacial score (nSPS) is 15.1. The molecule has 0 fully saturated rings. The molecule has 5 unspecified atom stereocenters. The summed E-state index contributed by atoms with van der Waals surface area (Å²) in [6, 6.07) is 0. The van der Waals surface area contributed by atoms with Crippen LogP contribution in [0.1, 0.15) is 226 Å². The molecule has 4 N–H and O–H groups in total. The second-order valence-electron chi connectivity index (χ2n) is 19.8. The highest BCUT2D eigenvalue weighted by Gasteiger charge is 2.29. The average molecular weight is 1160 g/mol. The fraction of sp³-hybridized carbons (Fsp3) is 0.721. The average Bonchev–Trinajstić information content (AvgIpc) is 3.42. The van der Waals surface area contributed by atoms with Gasteiger partial charge in [0.2, 0.25) is 0 Å². The van der Waals surface area contributed by atoms with E-state index < -0.39 is 91.5 Å². The lowest BCUT2D eigenvalue weighted by molar-refractivity contribution is -0.161. The number of unbranched alkanes of at least 4 members (excludes halogenated alkanes) is 19. The molecule has 0 aliphatic rings. The van der Waals surface area contributed by atoms with Gasteiger partial charge in [-0.3, -0.25) is 32.5 Å². The Morgan fingerprint density at radius 3 is 1.13 bits per heavy atom. The van der Waals surface area contributed by atoms with E-state index in [1.165, 1.54) is 38.5 Å². The fourth-order valence-electron chi connectivity index (χ4n) is 7.45. The molecule has 16 nitrogen and oxygen atoms in total. The molecule has 18 heteroatoms. The maximum Gasteiger partial charge on any atom is 0.472 e. The number of carbonyl (C=O) groups is 3. The van der Waals surface area contributed by atoms with Crippen molar-refractivity contribution >= 4 is 33.6 Å². The number of aliphatic hydroxyl groups is 2. The van der Waals surface area contributed by atoms with Crippen molar-refractivity contribution in [3.8, 4) is 0 Å². The molecule has 0 aromatic heterocycles. The largest absolute Gasteiger partial charge is 0.472 e. The molecule has 79 heavy (non-hydrogen) atoms. The molecule has 0 aliphatic carbocycles. The highest BCUT2D eigenvalue weighted by molar-refractivity contribution is 7.47. The summed E-state index contributed by atoms with van der Waals surface area (Å²) in [5.74, 6) is -1.63. The Kier molecular flexibility index (Phi) is 53.0. The van der Waals surface area contributed by atoms with E-state index in [4.69, 9.17) is 32.3 Å². The number of carbonyl (C=O) groups excluding carboxylic acids is 3. The van der Waals surface area contributed by atoms with Crippen molar-refractivity contribution in [2.45, 2.75) is 245 Å². The maximum absolute atomic E-state index is 12.8. The molecule has 0 radical (unpaired) electrons. The van der Waals surface area contributed by atoms with E-state index in [0.29, 0.717) is 19.3 Å². The number of allylic oxidation sites excluding steroid dienone is 14. The molecule has 0 aromatic carbocycles. The number of hydrogen-bond donors (Lipinski definition) is 4. The summed E-state index contributed by atoms with van der Waals surface area (Å²) >= 11 is 0. The van der Waals surface area contributed by atoms with Crippen molar-refractivity contribution in [3.05, 3.63) is 85.1 Å². The van der Waals surface area contributed by atoms with Gasteiger partial charge in [0, 0.05) is 19.3 Å². The van der Waals surface area contributed by atoms with Crippen molar-refractivity contribution in [1.82, 2.24) is 0 Å². The van der Waals surface area contributed by atoms with Crippen LogP contribution in [0.4, 0.5) is 0 Å². The van der Waals surface area contributed by atoms with Crippen LogP contribution in [-0.4, -0.2) is 95.9 Å². The number of hydrogen-bond acceptors (Lipinski definition) is 14. The van der Waals surface area contributed by atoms with Gasteiger partial charge < -0.3 is 34.2 Å². The molecule has 0 saturated carbocycles. The first-order chi connectivity index (χ1) is 38.2. The molecule has 456 valence electrons. The van der Waals surface area contributed by atoms with E-state index in [-0.39, 0.29) is 19.3 Å². The Labute approximate surface area is 476 Å². The zero-order chi connectivity index (χ0) is 58.2. The van der Waals surface area contributed by atoms with Gasteiger partial charge in [-0.2, -0.15) is 0 Å². The van der Waals surface area contributed by atoms with E-state index >= 15 is 0 Å². The Morgan fingerprint density at radius 1 is 0.367 bits per heavy atom. The highest BCUT2D eigenvalue weighted by Crippen LogP contribution is 2.45. The third-order valence-electron chi connectivity index (χ3n) is 12.1. The zero-order valence-electron chi connectivity index (χ0n) is 48.8. The van der Waals surface area contributed by atoms with E-state index in [2.05, 4.69) is 106 Å². The molecule has 0 heterocycles. The Hall–Kier alpha value is -3.27. The van der Waals surface area contributed by atoms with E-state index in [0.717, 1.165) is 128 Å². The van der Waals surface area contributed by atoms with Gasteiger partial charge in [-0.05, 0) is 109 Å². The van der Waals surface area contributed by atoms with Gasteiger partial charge in [0.15, 0.2) is 6.10 Å². The van der Waals surface area contributed by atoms with Crippen LogP contribution in [0.3, 0.4) is 0 Å². The van der Waals surface area contributed by atoms with E-state index in [1.54, 1.807) is 0 Å². The lowest BCUT2D eigenvalue weighted by atomic mass is 10.1. The number of esters is 3. The van der Waals surface area contributed by atoms with Gasteiger partial charge in [0.05, 0.1) is 26.4 Å². The number of phosphoric acid groups is 2. The molecule has 0 aliphatic heterocycles. The Bertz CT molecular complexity index is 1790. The first-order valence-corrected chi connectivity index (χ1v) is 32.9. The Morgan fingerprint density at radius 2 is 0.684 bits per heavy atom. The minimum Gasteiger partial charge on any atom is -0.463 e. The molecule has 0 amide bonds. The highest BCUT2D eigenvalue weighted by atomic mass is 31.2. The first-order valence-electron chi connectivity index (χ1n) is 29.9. The van der Waals surface area contributed by atoms with Crippen molar-refractivity contribution in [1.29, 1.82) is 0 Å². The minimum atomic E-state index is -4.92.